The van der Waals surface area contributed by atoms with E-state index >= 15 is 0 Å². The number of carbonyl (C=O) groups is 2. The van der Waals surface area contributed by atoms with Gasteiger partial charge in [0.05, 0.1) is 5.97 Å². The zero-order valence-electron chi connectivity index (χ0n) is 14.2. The molecule has 0 N–H and O–H groups in total. The van der Waals surface area contributed by atoms with Gasteiger partial charge < -0.3 is 14.8 Å². The van der Waals surface area contributed by atoms with E-state index < -0.39 is 11.2 Å². The quantitative estimate of drug-likeness (QED) is 0.438. The molecule has 0 bridgehead atoms. The van der Waals surface area contributed by atoms with Gasteiger partial charge in [-0.1, -0.05) is 32.5 Å². The van der Waals surface area contributed by atoms with Crippen LogP contribution in [0.4, 0.5) is 4.79 Å². The van der Waals surface area contributed by atoms with Crippen LogP contribution in [0.25, 0.3) is 0 Å². The summed E-state index contributed by atoms with van der Waals surface area (Å²) < 4.78 is 1.15. The first kappa shape index (κ1) is 22.1. The van der Waals surface area contributed by atoms with E-state index in [0.29, 0.717) is 5.82 Å². The molecule has 1 amide bonds. The molecule has 1 aromatic heterocycles. The van der Waals surface area contributed by atoms with Gasteiger partial charge in [0.2, 0.25) is 0 Å². The molecule has 1 atom stereocenters. The maximum Gasteiger partial charge on any atom is 1.00 e. The van der Waals surface area contributed by atoms with E-state index in [2.05, 4.69) is 10.1 Å². The van der Waals surface area contributed by atoms with Crippen LogP contribution in [0.1, 0.15) is 39.9 Å². The van der Waals surface area contributed by atoms with Crippen LogP contribution in [0.2, 0.25) is 0 Å². The van der Waals surface area contributed by atoms with Crippen LogP contribution in [-0.2, 0) is 10.2 Å². The Bertz CT molecular complexity index is 545. The van der Waals surface area contributed by atoms with Gasteiger partial charge in [-0.15, -0.1) is 5.10 Å². The van der Waals surface area contributed by atoms with Crippen molar-refractivity contribution in [3.8, 4) is 0 Å². The predicted octanol–water partition coefficient (Wildman–Crippen LogP) is -2.27. The van der Waals surface area contributed by atoms with Gasteiger partial charge in [0, 0.05) is 24.8 Å². The van der Waals surface area contributed by atoms with E-state index in [-0.39, 0.29) is 68.0 Å². The third-order valence-electron chi connectivity index (χ3n) is 3.24. The molecule has 0 saturated heterocycles. The van der Waals surface area contributed by atoms with Crippen molar-refractivity contribution in [1.82, 2.24) is 19.7 Å². The fourth-order valence-electron chi connectivity index (χ4n) is 1.34. The normalized spacial score (nSPS) is 12.5. The molecule has 9 heteroatoms. The summed E-state index contributed by atoms with van der Waals surface area (Å²) in [6.45, 7) is 7.45. The number of carboxylic acids is 1. The summed E-state index contributed by atoms with van der Waals surface area (Å²) >= 11 is 0.951. The van der Waals surface area contributed by atoms with E-state index in [1.807, 2.05) is 20.8 Å². The average Bonchev–Trinajstić information content (AvgIpc) is 2.82. The Balaban J connectivity index is 0.00000441. The fourth-order valence-corrected chi connectivity index (χ4v) is 2.11. The molecule has 1 heterocycles. The summed E-state index contributed by atoms with van der Waals surface area (Å²) in [6.07, 6.45) is 0.799. The minimum Gasteiger partial charge on any atom is -0.549 e. The molecule has 0 saturated carbocycles. The maximum absolute atomic E-state index is 12.2. The molecule has 118 valence electrons. The van der Waals surface area contributed by atoms with E-state index in [4.69, 9.17) is 0 Å². The number of hydrogen-bond acceptors (Lipinski definition) is 6. The van der Waals surface area contributed by atoms with Crippen LogP contribution >= 0.6 is 11.8 Å². The van der Waals surface area contributed by atoms with Gasteiger partial charge in [0.15, 0.2) is 11.0 Å². The number of aromatic nitrogens is 3. The molecule has 0 spiro atoms. The summed E-state index contributed by atoms with van der Waals surface area (Å²) in [4.78, 5) is 28.8. The number of nitrogens with zero attached hydrogens (tertiary/aromatic N) is 4. The second kappa shape index (κ2) is 8.79. The number of carboxylic acid groups (broad SMARTS) is 1. The zero-order valence-corrected chi connectivity index (χ0v) is 18.1. The van der Waals surface area contributed by atoms with Gasteiger partial charge in [-0.2, -0.15) is 4.68 Å². The molecule has 1 unspecified atom stereocenters. The largest absolute Gasteiger partial charge is 1.00 e. The Morgan fingerprint density at radius 1 is 1.41 bits per heavy atom. The van der Waals surface area contributed by atoms with Gasteiger partial charge in [0.1, 0.15) is 0 Å². The third kappa shape index (κ3) is 5.31. The van der Waals surface area contributed by atoms with Crippen molar-refractivity contribution in [2.45, 2.75) is 49.9 Å². The number of carbonyl (C=O) groups excluding carboxylic acids is 2. The van der Waals surface area contributed by atoms with E-state index in [1.165, 1.54) is 11.8 Å². The molecule has 1 rings (SSSR count). The van der Waals surface area contributed by atoms with Crippen LogP contribution in [0.3, 0.4) is 0 Å². The smallest absolute Gasteiger partial charge is 0.549 e. The van der Waals surface area contributed by atoms with E-state index in [1.54, 1.807) is 14.1 Å². The van der Waals surface area contributed by atoms with Gasteiger partial charge in [-0.05, 0) is 13.3 Å². The Kier molecular flexibility index (Phi) is 8.82. The second-order valence-electron chi connectivity index (χ2n) is 5.62. The minimum absolute atomic E-state index is 0. The van der Waals surface area contributed by atoms with Gasteiger partial charge in [-0.25, -0.2) is 9.78 Å². The van der Waals surface area contributed by atoms with Crippen LogP contribution in [-0.4, -0.2) is 51.0 Å². The summed E-state index contributed by atoms with van der Waals surface area (Å²) in [5.74, 6) is -0.684. The average molecular weight is 353 g/mol. The van der Waals surface area contributed by atoms with Crippen molar-refractivity contribution >= 4 is 23.8 Å². The van der Waals surface area contributed by atoms with Crippen molar-refractivity contribution in [3.63, 3.8) is 0 Å². The fraction of sp³-hybridized carbons (Fsp3) is 0.692. The molecule has 0 aliphatic heterocycles. The molecule has 22 heavy (non-hydrogen) atoms. The Hall–Kier alpha value is 0.0664. The van der Waals surface area contributed by atoms with Gasteiger partial charge >= 0.3 is 57.4 Å². The number of thioether (sulfide) groups is 1. The Morgan fingerprint density at radius 2 is 1.95 bits per heavy atom. The number of aliphatic carboxylic acids is 1. The number of amides is 1. The van der Waals surface area contributed by atoms with E-state index in [0.717, 1.165) is 22.9 Å². The first-order valence-electron chi connectivity index (χ1n) is 6.66. The summed E-state index contributed by atoms with van der Waals surface area (Å²) in [5.41, 5.74) is -0.294. The van der Waals surface area contributed by atoms with E-state index in [9.17, 15) is 14.7 Å². The molecule has 0 aliphatic rings. The number of rotatable bonds is 5. The summed E-state index contributed by atoms with van der Waals surface area (Å²) in [5, 5.41) is 14.6. The van der Waals surface area contributed by atoms with Crippen molar-refractivity contribution in [3.05, 3.63) is 5.82 Å². The SMILES string of the molecule is CCC(C)(C)c1nc(SC(C)C(=O)[O-])n(C(=O)N(C)C)n1.[K+]. The first-order chi connectivity index (χ1) is 9.60. The molecule has 1 aromatic rings. The van der Waals surface area contributed by atoms with Crippen molar-refractivity contribution < 1.29 is 66.1 Å². The van der Waals surface area contributed by atoms with Crippen molar-refractivity contribution in [2.75, 3.05) is 14.1 Å². The van der Waals surface area contributed by atoms with Gasteiger partial charge in [0.25, 0.3) is 0 Å². The predicted molar refractivity (Wildman–Crippen MR) is 78.1 cm³/mol. The summed E-state index contributed by atoms with van der Waals surface area (Å²) in [6, 6.07) is -0.367. The first-order valence-corrected chi connectivity index (χ1v) is 7.54. The van der Waals surface area contributed by atoms with Crippen LogP contribution in [0, 0.1) is 0 Å². The maximum atomic E-state index is 12.2. The number of hydrogen-bond donors (Lipinski definition) is 0. The van der Waals surface area contributed by atoms with Gasteiger partial charge in [-0.3, -0.25) is 0 Å². The molecule has 0 radical (unpaired) electrons. The molecule has 0 aromatic carbocycles. The van der Waals surface area contributed by atoms with Crippen LogP contribution < -0.4 is 56.5 Å². The molecule has 0 fully saturated rings. The minimum atomic E-state index is -1.21. The third-order valence-corrected chi connectivity index (χ3v) is 4.27. The van der Waals surface area contributed by atoms with Crippen molar-refractivity contribution in [2.24, 2.45) is 0 Å². The Morgan fingerprint density at radius 3 is 2.36 bits per heavy atom. The van der Waals surface area contributed by atoms with Crippen LogP contribution in [0.5, 0.6) is 0 Å². The van der Waals surface area contributed by atoms with Crippen molar-refractivity contribution in [1.29, 1.82) is 0 Å². The Labute approximate surface area is 177 Å². The molecule has 7 nitrogen and oxygen atoms in total. The standard InChI is InChI=1S/C13H22N4O3S.K/c1-7-13(3,4)10-14-11(21-8(2)9(18)19)17(15-10)12(20)16(5)6;/h8H,7H2,1-6H3,(H,18,19);/q;+1/p-1. The second-order valence-corrected chi connectivity index (χ2v) is 6.93. The molecule has 0 aliphatic carbocycles. The summed E-state index contributed by atoms with van der Waals surface area (Å²) in [7, 11) is 3.20. The zero-order chi connectivity index (χ0) is 16.4. The topological polar surface area (TPSA) is 91.1 Å². The van der Waals surface area contributed by atoms with Crippen LogP contribution in [0.15, 0.2) is 5.16 Å². The monoisotopic (exact) mass is 352 g/mol. The molecular weight excluding hydrogens is 331 g/mol. The molecular formula is C13H21KN4O3S.